The van der Waals surface area contributed by atoms with Crippen LogP contribution in [0.15, 0.2) is 0 Å². The van der Waals surface area contributed by atoms with Crippen LogP contribution >= 0.6 is 0 Å². The van der Waals surface area contributed by atoms with E-state index in [-0.39, 0.29) is 5.25 Å². The van der Waals surface area contributed by atoms with E-state index in [4.69, 9.17) is 0 Å². The third-order valence-corrected chi connectivity index (χ3v) is 7.39. The zero-order chi connectivity index (χ0) is 15.9. The van der Waals surface area contributed by atoms with Gasteiger partial charge in [-0.05, 0) is 70.4 Å². The Kier molecular flexibility index (Phi) is 8.25. The quantitative estimate of drug-likeness (QED) is 0.660. The molecule has 1 aliphatic carbocycles. The third kappa shape index (κ3) is 6.27. The van der Waals surface area contributed by atoms with E-state index in [9.17, 15) is 8.42 Å². The number of sulfone groups is 1. The van der Waals surface area contributed by atoms with Gasteiger partial charge in [-0.2, -0.15) is 0 Å². The molecule has 3 unspecified atom stereocenters. The largest absolute Gasteiger partial charge is 0.316 e. The molecule has 1 N–H and O–H groups in total. The molecule has 4 heteroatoms. The van der Waals surface area contributed by atoms with Gasteiger partial charge in [0.25, 0.3) is 0 Å². The maximum absolute atomic E-state index is 12.1. The molecule has 0 spiro atoms. The summed E-state index contributed by atoms with van der Waals surface area (Å²) in [7, 11) is -2.89. The molecule has 0 amide bonds. The van der Waals surface area contributed by atoms with Gasteiger partial charge in [-0.1, -0.05) is 26.7 Å². The average Bonchev–Trinajstić information content (AvgIpc) is 2.46. The molecule has 0 aromatic rings. The third-order valence-electron chi connectivity index (χ3n) is 5.15. The lowest BCUT2D eigenvalue weighted by atomic mass is 9.72. The Labute approximate surface area is 132 Å². The second-order valence-corrected chi connectivity index (χ2v) is 9.69. The Balaban J connectivity index is 2.57. The molecule has 1 fully saturated rings. The van der Waals surface area contributed by atoms with E-state index in [1.165, 1.54) is 25.7 Å². The first-order valence-electron chi connectivity index (χ1n) is 8.82. The molecule has 0 aromatic carbocycles. The van der Waals surface area contributed by atoms with Crippen molar-refractivity contribution < 1.29 is 8.42 Å². The van der Waals surface area contributed by atoms with Crippen LogP contribution in [0.1, 0.15) is 66.2 Å². The van der Waals surface area contributed by atoms with E-state index < -0.39 is 9.84 Å². The normalized spacial score (nSPS) is 27.2. The van der Waals surface area contributed by atoms with Gasteiger partial charge in [0.1, 0.15) is 0 Å². The topological polar surface area (TPSA) is 46.2 Å². The van der Waals surface area contributed by atoms with Crippen LogP contribution in [-0.4, -0.2) is 32.5 Å². The molecular weight excluding hydrogens is 282 g/mol. The fourth-order valence-corrected chi connectivity index (χ4v) is 4.54. The van der Waals surface area contributed by atoms with E-state index >= 15 is 0 Å². The second kappa shape index (κ2) is 9.14. The molecular formula is C17H35NO2S. The Morgan fingerprint density at radius 2 is 1.86 bits per heavy atom. The van der Waals surface area contributed by atoms with Crippen LogP contribution in [0.25, 0.3) is 0 Å². The zero-order valence-electron chi connectivity index (χ0n) is 14.4. The molecule has 3 nitrogen and oxygen atoms in total. The SMILES string of the molecule is CCCNCC1CCC(CC)CC1CCS(=O)(=O)C(C)C. The van der Waals surface area contributed by atoms with Crippen LogP contribution in [0.4, 0.5) is 0 Å². The lowest BCUT2D eigenvalue weighted by Gasteiger charge is -2.36. The lowest BCUT2D eigenvalue weighted by Crippen LogP contribution is -2.34. The van der Waals surface area contributed by atoms with Crippen molar-refractivity contribution in [2.75, 3.05) is 18.8 Å². The van der Waals surface area contributed by atoms with E-state index in [0.29, 0.717) is 17.6 Å². The minimum absolute atomic E-state index is 0.236. The predicted molar refractivity (Wildman–Crippen MR) is 91.3 cm³/mol. The Morgan fingerprint density at radius 1 is 1.14 bits per heavy atom. The van der Waals surface area contributed by atoms with Crippen LogP contribution in [0.3, 0.4) is 0 Å². The Morgan fingerprint density at radius 3 is 2.43 bits per heavy atom. The fourth-order valence-electron chi connectivity index (χ4n) is 3.43. The molecule has 1 saturated carbocycles. The van der Waals surface area contributed by atoms with Crippen molar-refractivity contribution in [2.24, 2.45) is 17.8 Å². The number of nitrogens with one attached hydrogen (secondary N) is 1. The summed E-state index contributed by atoms with van der Waals surface area (Å²) < 4.78 is 24.2. The molecule has 0 aromatic heterocycles. The summed E-state index contributed by atoms with van der Waals surface area (Å²) >= 11 is 0. The summed E-state index contributed by atoms with van der Waals surface area (Å²) in [5.41, 5.74) is 0. The highest BCUT2D eigenvalue weighted by atomic mass is 32.2. The highest BCUT2D eigenvalue weighted by molar-refractivity contribution is 7.91. The van der Waals surface area contributed by atoms with Gasteiger partial charge in [-0.25, -0.2) is 8.42 Å². The van der Waals surface area contributed by atoms with Gasteiger partial charge in [-0.3, -0.25) is 0 Å². The van der Waals surface area contributed by atoms with Crippen LogP contribution in [-0.2, 0) is 9.84 Å². The van der Waals surface area contributed by atoms with E-state index in [2.05, 4.69) is 19.2 Å². The minimum Gasteiger partial charge on any atom is -0.316 e. The van der Waals surface area contributed by atoms with Crippen LogP contribution in [0.2, 0.25) is 0 Å². The number of hydrogen-bond acceptors (Lipinski definition) is 3. The smallest absolute Gasteiger partial charge is 0.152 e. The highest BCUT2D eigenvalue weighted by Crippen LogP contribution is 2.37. The van der Waals surface area contributed by atoms with Gasteiger partial charge in [0.05, 0.1) is 11.0 Å². The van der Waals surface area contributed by atoms with Crippen LogP contribution in [0.5, 0.6) is 0 Å². The number of hydrogen-bond donors (Lipinski definition) is 1. The van der Waals surface area contributed by atoms with Gasteiger partial charge in [0.2, 0.25) is 0 Å². The summed E-state index contributed by atoms with van der Waals surface area (Å²) in [5, 5.41) is 3.30. The lowest BCUT2D eigenvalue weighted by molar-refractivity contribution is 0.168. The molecule has 0 bridgehead atoms. The Bertz CT molecular complexity index is 376. The second-order valence-electron chi connectivity index (χ2n) is 7.02. The van der Waals surface area contributed by atoms with Crippen LogP contribution in [0, 0.1) is 17.8 Å². The monoisotopic (exact) mass is 317 g/mol. The van der Waals surface area contributed by atoms with E-state index in [1.807, 2.05) is 0 Å². The van der Waals surface area contributed by atoms with Crippen molar-refractivity contribution in [1.82, 2.24) is 5.32 Å². The Hall–Kier alpha value is -0.0900. The predicted octanol–water partition coefficient (Wildman–Crippen LogP) is 3.64. The summed E-state index contributed by atoms with van der Waals surface area (Å²) in [6.07, 6.45) is 7.07. The van der Waals surface area contributed by atoms with Crippen molar-refractivity contribution in [3.63, 3.8) is 0 Å². The maximum atomic E-state index is 12.1. The summed E-state index contributed by atoms with van der Waals surface area (Å²) in [5.74, 6) is 2.43. The molecule has 0 heterocycles. The highest BCUT2D eigenvalue weighted by Gasteiger charge is 2.30. The van der Waals surface area contributed by atoms with E-state index in [0.717, 1.165) is 31.8 Å². The molecule has 21 heavy (non-hydrogen) atoms. The minimum atomic E-state index is -2.89. The van der Waals surface area contributed by atoms with E-state index in [1.54, 1.807) is 13.8 Å². The number of rotatable bonds is 9. The maximum Gasteiger partial charge on any atom is 0.152 e. The zero-order valence-corrected chi connectivity index (χ0v) is 15.2. The molecule has 0 radical (unpaired) electrons. The summed E-state index contributed by atoms with van der Waals surface area (Å²) in [6.45, 7) is 10.2. The van der Waals surface area contributed by atoms with Crippen molar-refractivity contribution in [1.29, 1.82) is 0 Å². The van der Waals surface area contributed by atoms with Crippen molar-refractivity contribution in [3.05, 3.63) is 0 Å². The molecule has 3 atom stereocenters. The first-order chi connectivity index (χ1) is 9.90. The van der Waals surface area contributed by atoms with Crippen molar-refractivity contribution >= 4 is 9.84 Å². The average molecular weight is 318 g/mol. The van der Waals surface area contributed by atoms with Crippen molar-refractivity contribution in [3.8, 4) is 0 Å². The fraction of sp³-hybridized carbons (Fsp3) is 1.00. The first-order valence-corrected chi connectivity index (χ1v) is 10.5. The van der Waals surface area contributed by atoms with Crippen LogP contribution < -0.4 is 5.32 Å². The van der Waals surface area contributed by atoms with Gasteiger partial charge in [-0.15, -0.1) is 0 Å². The summed E-state index contributed by atoms with van der Waals surface area (Å²) in [6, 6.07) is 0. The van der Waals surface area contributed by atoms with Gasteiger partial charge < -0.3 is 5.32 Å². The molecule has 1 aliphatic rings. The summed E-state index contributed by atoms with van der Waals surface area (Å²) in [4.78, 5) is 0. The first kappa shape index (κ1) is 19.0. The molecule has 0 saturated heterocycles. The van der Waals surface area contributed by atoms with Gasteiger partial charge >= 0.3 is 0 Å². The van der Waals surface area contributed by atoms with Crippen molar-refractivity contribution in [2.45, 2.75) is 71.5 Å². The van der Waals surface area contributed by atoms with Gasteiger partial charge in [0, 0.05) is 0 Å². The molecule has 126 valence electrons. The van der Waals surface area contributed by atoms with Gasteiger partial charge in [0.15, 0.2) is 9.84 Å². The molecule has 1 rings (SSSR count). The molecule has 0 aliphatic heterocycles. The standard InChI is InChI=1S/C17H35NO2S/c1-5-10-18-13-17-8-7-15(6-2)12-16(17)9-11-21(19,20)14(3)4/h14-18H,5-13H2,1-4H3.